The first-order chi connectivity index (χ1) is 14.5. The predicted octanol–water partition coefficient (Wildman–Crippen LogP) is 3.56. The maximum atomic E-state index is 12.9. The highest BCUT2D eigenvalue weighted by Gasteiger charge is 2.29. The first kappa shape index (κ1) is 20.8. The van der Waals surface area contributed by atoms with Gasteiger partial charge in [-0.25, -0.2) is 13.4 Å². The number of thiazole rings is 1. The lowest BCUT2D eigenvalue weighted by Gasteiger charge is -2.33. The van der Waals surface area contributed by atoms with E-state index < -0.39 is 10.0 Å². The van der Waals surface area contributed by atoms with Gasteiger partial charge in [0.05, 0.1) is 17.7 Å². The molecule has 2 heterocycles. The average Bonchev–Trinajstić information content (AvgIpc) is 3.22. The van der Waals surface area contributed by atoms with E-state index in [9.17, 15) is 8.42 Å². The lowest BCUT2D eigenvalue weighted by molar-refractivity contribution is 0.384. The van der Waals surface area contributed by atoms with Crippen LogP contribution in [0, 0.1) is 6.92 Å². The van der Waals surface area contributed by atoms with E-state index in [1.165, 1.54) is 11.1 Å². The SMILES string of the molecule is COc1ccc(S(=O)(=O)N2CCN(c3nc(Cc4cccc(C)c4)cs3)CC2)cc1. The summed E-state index contributed by atoms with van der Waals surface area (Å²) in [7, 11) is -1.93. The van der Waals surface area contributed by atoms with Gasteiger partial charge >= 0.3 is 0 Å². The summed E-state index contributed by atoms with van der Waals surface area (Å²) < 4.78 is 32.5. The molecule has 0 N–H and O–H groups in total. The summed E-state index contributed by atoms with van der Waals surface area (Å²) in [5.74, 6) is 0.643. The number of ether oxygens (including phenoxy) is 1. The topological polar surface area (TPSA) is 62.7 Å². The minimum atomic E-state index is -3.50. The summed E-state index contributed by atoms with van der Waals surface area (Å²) >= 11 is 1.62. The highest BCUT2D eigenvalue weighted by atomic mass is 32.2. The molecule has 0 radical (unpaired) electrons. The second kappa shape index (κ2) is 8.75. The number of sulfonamides is 1. The van der Waals surface area contributed by atoms with Crippen molar-refractivity contribution in [1.82, 2.24) is 9.29 Å². The molecular weight excluding hydrogens is 418 g/mol. The van der Waals surface area contributed by atoms with Gasteiger partial charge in [-0.3, -0.25) is 0 Å². The number of aromatic nitrogens is 1. The third-order valence-corrected chi connectivity index (χ3v) is 8.08. The number of methoxy groups -OCH3 is 1. The Morgan fingerprint density at radius 3 is 2.47 bits per heavy atom. The molecule has 0 bridgehead atoms. The van der Waals surface area contributed by atoms with Crippen LogP contribution in [0.5, 0.6) is 5.75 Å². The van der Waals surface area contributed by atoms with Crippen molar-refractivity contribution in [3.8, 4) is 5.75 Å². The molecule has 1 saturated heterocycles. The van der Waals surface area contributed by atoms with Crippen LogP contribution in [0.15, 0.2) is 58.8 Å². The van der Waals surface area contributed by atoms with Crippen LogP contribution in [0.4, 0.5) is 5.13 Å². The van der Waals surface area contributed by atoms with Gasteiger partial charge in [0.15, 0.2) is 5.13 Å². The Bertz CT molecular complexity index is 1100. The maximum absolute atomic E-state index is 12.9. The van der Waals surface area contributed by atoms with E-state index in [0.717, 1.165) is 17.2 Å². The van der Waals surface area contributed by atoms with Crippen LogP contribution < -0.4 is 9.64 Å². The Kier molecular flexibility index (Phi) is 6.08. The molecule has 158 valence electrons. The van der Waals surface area contributed by atoms with Gasteiger partial charge in [-0.1, -0.05) is 29.8 Å². The van der Waals surface area contributed by atoms with Crippen molar-refractivity contribution < 1.29 is 13.2 Å². The van der Waals surface area contributed by atoms with Crippen LogP contribution in [0.1, 0.15) is 16.8 Å². The second-order valence-electron chi connectivity index (χ2n) is 7.35. The lowest BCUT2D eigenvalue weighted by Crippen LogP contribution is -2.48. The van der Waals surface area contributed by atoms with Gasteiger partial charge in [0.2, 0.25) is 10.0 Å². The average molecular weight is 444 g/mol. The normalized spacial score (nSPS) is 15.3. The van der Waals surface area contributed by atoms with Gasteiger partial charge in [0.1, 0.15) is 5.75 Å². The van der Waals surface area contributed by atoms with E-state index in [1.54, 1.807) is 47.0 Å². The summed E-state index contributed by atoms with van der Waals surface area (Å²) in [6, 6.07) is 15.0. The molecule has 1 aliphatic heterocycles. The molecule has 0 spiro atoms. The Morgan fingerprint density at radius 1 is 1.07 bits per heavy atom. The fourth-order valence-corrected chi connectivity index (χ4v) is 5.87. The molecule has 0 amide bonds. The Morgan fingerprint density at radius 2 is 1.80 bits per heavy atom. The zero-order valence-electron chi connectivity index (χ0n) is 17.1. The second-order valence-corrected chi connectivity index (χ2v) is 10.1. The summed E-state index contributed by atoms with van der Waals surface area (Å²) in [4.78, 5) is 7.25. The standard InChI is InChI=1S/C22H25N3O3S2/c1-17-4-3-5-18(14-17)15-19-16-29-22(23-19)24-10-12-25(13-11-24)30(26,27)21-8-6-20(28-2)7-9-21/h3-9,14,16H,10-13,15H2,1-2H3. The van der Waals surface area contributed by atoms with Crippen molar-refractivity contribution >= 4 is 26.5 Å². The van der Waals surface area contributed by atoms with Crippen LogP contribution in [-0.2, 0) is 16.4 Å². The molecule has 8 heteroatoms. The van der Waals surface area contributed by atoms with Crippen molar-refractivity contribution in [3.05, 3.63) is 70.7 Å². The van der Waals surface area contributed by atoms with Crippen molar-refractivity contribution in [1.29, 1.82) is 0 Å². The summed E-state index contributed by atoms with van der Waals surface area (Å²) in [5, 5.41) is 3.05. The van der Waals surface area contributed by atoms with Crippen LogP contribution in [0.25, 0.3) is 0 Å². The predicted molar refractivity (Wildman–Crippen MR) is 120 cm³/mol. The van der Waals surface area contributed by atoms with E-state index in [0.29, 0.717) is 36.8 Å². The number of nitrogens with zero attached hydrogens (tertiary/aromatic N) is 3. The molecule has 0 aliphatic carbocycles. The minimum Gasteiger partial charge on any atom is -0.497 e. The molecule has 6 nitrogen and oxygen atoms in total. The summed E-state index contributed by atoms with van der Waals surface area (Å²) in [6.45, 7) is 4.25. The minimum absolute atomic E-state index is 0.298. The van der Waals surface area contributed by atoms with Crippen molar-refractivity contribution in [3.63, 3.8) is 0 Å². The number of rotatable bonds is 6. The number of hydrogen-bond donors (Lipinski definition) is 0. The van der Waals surface area contributed by atoms with Gasteiger partial charge in [0, 0.05) is 38.0 Å². The quantitative estimate of drug-likeness (QED) is 0.583. The first-order valence-electron chi connectivity index (χ1n) is 9.85. The Hall–Kier alpha value is -2.42. The smallest absolute Gasteiger partial charge is 0.243 e. The monoisotopic (exact) mass is 443 g/mol. The van der Waals surface area contributed by atoms with Gasteiger partial charge in [-0.2, -0.15) is 4.31 Å². The molecule has 30 heavy (non-hydrogen) atoms. The zero-order valence-corrected chi connectivity index (χ0v) is 18.7. The Labute approximate surface area is 181 Å². The first-order valence-corrected chi connectivity index (χ1v) is 12.2. The fourth-order valence-electron chi connectivity index (χ4n) is 3.57. The van der Waals surface area contributed by atoms with Crippen LogP contribution in [-0.4, -0.2) is 51.0 Å². The molecule has 0 unspecified atom stereocenters. The third-order valence-electron chi connectivity index (χ3n) is 5.21. The summed E-state index contributed by atoms with van der Waals surface area (Å²) in [5.41, 5.74) is 3.55. The number of benzene rings is 2. The highest BCUT2D eigenvalue weighted by molar-refractivity contribution is 7.89. The molecule has 1 aromatic heterocycles. The molecular formula is C22H25N3O3S2. The molecule has 4 rings (SSSR count). The van der Waals surface area contributed by atoms with E-state index in [-0.39, 0.29) is 0 Å². The number of aryl methyl sites for hydroxylation is 1. The van der Waals surface area contributed by atoms with E-state index in [2.05, 4.69) is 41.5 Å². The van der Waals surface area contributed by atoms with Crippen LogP contribution >= 0.6 is 11.3 Å². The zero-order chi connectivity index (χ0) is 21.1. The molecule has 1 aliphatic rings. The fraction of sp³-hybridized carbons (Fsp3) is 0.318. The van der Waals surface area contributed by atoms with Crippen LogP contribution in [0.3, 0.4) is 0 Å². The van der Waals surface area contributed by atoms with Crippen molar-refractivity contribution in [2.24, 2.45) is 0 Å². The Balaban J connectivity index is 1.39. The molecule has 2 aromatic carbocycles. The van der Waals surface area contributed by atoms with Crippen molar-refractivity contribution in [2.45, 2.75) is 18.2 Å². The van der Waals surface area contributed by atoms with E-state index in [1.807, 2.05) is 0 Å². The lowest BCUT2D eigenvalue weighted by atomic mass is 10.1. The van der Waals surface area contributed by atoms with Gasteiger partial charge < -0.3 is 9.64 Å². The maximum Gasteiger partial charge on any atom is 0.243 e. The van der Waals surface area contributed by atoms with Crippen LogP contribution in [0.2, 0.25) is 0 Å². The number of piperazine rings is 1. The molecule has 3 aromatic rings. The number of hydrogen-bond acceptors (Lipinski definition) is 6. The van der Waals surface area contributed by atoms with E-state index >= 15 is 0 Å². The molecule has 0 saturated carbocycles. The van der Waals surface area contributed by atoms with Gasteiger partial charge in [-0.15, -0.1) is 11.3 Å². The molecule has 1 fully saturated rings. The highest BCUT2D eigenvalue weighted by Crippen LogP contribution is 2.26. The van der Waals surface area contributed by atoms with Gasteiger partial charge in [-0.05, 0) is 36.8 Å². The summed E-state index contributed by atoms with van der Waals surface area (Å²) in [6.07, 6.45) is 0.810. The largest absolute Gasteiger partial charge is 0.497 e. The van der Waals surface area contributed by atoms with Crippen molar-refractivity contribution in [2.75, 3.05) is 38.2 Å². The van der Waals surface area contributed by atoms with E-state index in [4.69, 9.17) is 9.72 Å². The van der Waals surface area contributed by atoms with Gasteiger partial charge in [0.25, 0.3) is 0 Å². The number of anilines is 1. The third kappa shape index (κ3) is 4.50. The molecule has 0 atom stereocenters.